The van der Waals surface area contributed by atoms with Crippen molar-refractivity contribution < 1.29 is 14.0 Å². The third-order valence-electron chi connectivity index (χ3n) is 5.48. The molecule has 1 aliphatic rings. The molecule has 1 amide bonds. The Labute approximate surface area is 145 Å². The van der Waals surface area contributed by atoms with Gasteiger partial charge in [-0.25, -0.2) is 4.98 Å². The Hall–Kier alpha value is -1.47. The van der Waals surface area contributed by atoms with E-state index in [-0.39, 0.29) is 40.8 Å². The maximum Gasteiger partial charge on any atom is 0.236 e. The number of rotatable bonds is 5. The fourth-order valence-corrected chi connectivity index (χ4v) is 4.28. The zero-order valence-electron chi connectivity index (χ0n) is 15.7. The van der Waals surface area contributed by atoms with Gasteiger partial charge in [0.05, 0.1) is 24.0 Å². The average molecular weight is 352 g/mol. The van der Waals surface area contributed by atoms with Crippen LogP contribution in [0.4, 0.5) is 0 Å². The summed E-state index contributed by atoms with van der Waals surface area (Å²) in [4.78, 5) is 28.5. The summed E-state index contributed by atoms with van der Waals surface area (Å²) < 4.78 is 7.84. The van der Waals surface area contributed by atoms with Crippen LogP contribution in [-0.2, 0) is 9.22 Å². The van der Waals surface area contributed by atoms with E-state index in [0.717, 1.165) is 0 Å². The molecule has 0 bridgehead atoms. The van der Waals surface area contributed by atoms with Crippen LogP contribution in [0.15, 0.2) is 18.7 Å². The molecule has 1 N–H and O–H groups in total. The quantitative estimate of drug-likeness (QED) is 0.654. The summed E-state index contributed by atoms with van der Waals surface area (Å²) in [5.41, 5.74) is 0. The minimum atomic E-state index is -1.97. The van der Waals surface area contributed by atoms with Crippen molar-refractivity contribution in [1.82, 2.24) is 14.9 Å². The summed E-state index contributed by atoms with van der Waals surface area (Å²) in [6.45, 7) is 14.7. The predicted molar refractivity (Wildman–Crippen MR) is 95.2 cm³/mol. The van der Waals surface area contributed by atoms with E-state index in [4.69, 9.17) is 4.43 Å². The second-order valence-electron chi connectivity index (χ2n) is 8.24. The van der Waals surface area contributed by atoms with E-state index < -0.39 is 8.32 Å². The lowest BCUT2D eigenvalue weighted by Crippen LogP contribution is -2.67. The summed E-state index contributed by atoms with van der Waals surface area (Å²) in [5, 5.41) is 2.96. The molecule has 4 atom stereocenters. The number of carbonyl (C=O) groups is 2. The van der Waals surface area contributed by atoms with Crippen LogP contribution < -0.4 is 5.32 Å². The van der Waals surface area contributed by atoms with E-state index in [1.165, 1.54) is 10.9 Å². The molecule has 0 unspecified atom stereocenters. The van der Waals surface area contributed by atoms with E-state index in [0.29, 0.717) is 0 Å². The standard InChI is InChI=1S/C17H29N3O3Si/c1-11(16(22)20-9-8-18-10-20)14-13(15(21)19-14)12(2)23-24(6,7)17(3,4)5/h8-14H,1-7H3,(H,19,21)/t11-,12-,13-,14+/m1/s1. The van der Waals surface area contributed by atoms with E-state index in [1.807, 2.05) is 13.8 Å². The van der Waals surface area contributed by atoms with Crippen molar-refractivity contribution in [3.8, 4) is 0 Å². The number of β-lactam (4-membered cyclic amide) rings is 1. The largest absolute Gasteiger partial charge is 0.413 e. The smallest absolute Gasteiger partial charge is 0.236 e. The molecular formula is C17H29N3O3Si. The van der Waals surface area contributed by atoms with Gasteiger partial charge in [0.1, 0.15) is 6.33 Å². The Kier molecular flexibility index (Phi) is 5.06. The Balaban J connectivity index is 2.09. The molecule has 0 aromatic carbocycles. The molecule has 0 aliphatic carbocycles. The van der Waals surface area contributed by atoms with Gasteiger partial charge in [0, 0.05) is 12.4 Å². The third-order valence-corrected chi connectivity index (χ3v) is 10.1. The van der Waals surface area contributed by atoms with Crippen LogP contribution in [0.5, 0.6) is 0 Å². The average Bonchev–Trinajstić information content (AvgIpc) is 2.95. The zero-order chi connectivity index (χ0) is 18.3. The number of amides is 1. The summed E-state index contributed by atoms with van der Waals surface area (Å²) in [5.74, 6) is -0.715. The van der Waals surface area contributed by atoms with Gasteiger partial charge in [-0.05, 0) is 25.1 Å². The van der Waals surface area contributed by atoms with Crippen LogP contribution in [0.25, 0.3) is 0 Å². The Bertz CT molecular complexity index is 607. The van der Waals surface area contributed by atoms with Crippen molar-refractivity contribution in [2.45, 2.75) is 64.9 Å². The van der Waals surface area contributed by atoms with Gasteiger partial charge in [-0.1, -0.05) is 27.7 Å². The molecule has 2 rings (SSSR count). The first-order chi connectivity index (χ1) is 11.0. The molecule has 1 aliphatic heterocycles. The summed E-state index contributed by atoms with van der Waals surface area (Å²) in [6, 6.07) is -0.202. The SMILES string of the molecule is C[C@@H](O[Si](C)(C)C(C)(C)C)[C@H]1C(=O)N[C@H]1[C@@H](C)C(=O)n1ccnc1. The van der Waals surface area contributed by atoms with E-state index in [2.05, 4.69) is 44.2 Å². The lowest BCUT2D eigenvalue weighted by atomic mass is 9.78. The minimum absolute atomic E-state index is 0.0310. The normalized spacial score (nSPS) is 24.0. The predicted octanol–water partition coefficient (Wildman–Crippen LogP) is 2.68. The highest BCUT2D eigenvalue weighted by Gasteiger charge is 2.50. The first-order valence-corrected chi connectivity index (χ1v) is 11.4. The first-order valence-electron chi connectivity index (χ1n) is 8.46. The monoisotopic (exact) mass is 351 g/mol. The molecule has 2 heterocycles. The maximum atomic E-state index is 12.5. The Morgan fingerprint density at radius 2 is 2.00 bits per heavy atom. The fourth-order valence-electron chi connectivity index (χ4n) is 2.85. The van der Waals surface area contributed by atoms with Crippen molar-refractivity contribution in [2.75, 3.05) is 0 Å². The van der Waals surface area contributed by atoms with Crippen LogP contribution in [0.3, 0.4) is 0 Å². The molecule has 7 heteroatoms. The molecule has 0 radical (unpaired) electrons. The second kappa shape index (κ2) is 6.44. The lowest BCUT2D eigenvalue weighted by molar-refractivity contribution is -0.141. The van der Waals surface area contributed by atoms with Gasteiger partial charge in [0.25, 0.3) is 0 Å². The number of carbonyl (C=O) groups excluding carboxylic acids is 2. The number of imidazole rings is 1. The fraction of sp³-hybridized carbons (Fsp3) is 0.706. The summed E-state index contributed by atoms with van der Waals surface area (Å²) in [7, 11) is -1.97. The Morgan fingerprint density at radius 3 is 2.46 bits per heavy atom. The number of nitrogens with one attached hydrogen (secondary N) is 1. The van der Waals surface area contributed by atoms with Crippen LogP contribution >= 0.6 is 0 Å². The van der Waals surface area contributed by atoms with Crippen LogP contribution in [0, 0.1) is 11.8 Å². The summed E-state index contributed by atoms with van der Waals surface area (Å²) >= 11 is 0. The number of hydrogen-bond acceptors (Lipinski definition) is 4. The van der Waals surface area contributed by atoms with Gasteiger partial charge >= 0.3 is 0 Å². The highest BCUT2D eigenvalue weighted by Crippen LogP contribution is 2.39. The molecule has 1 fully saturated rings. The van der Waals surface area contributed by atoms with Crippen molar-refractivity contribution in [3.05, 3.63) is 18.7 Å². The maximum absolute atomic E-state index is 12.5. The molecule has 0 spiro atoms. The van der Waals surface area contributed by atoms with E-state index in [9.17, 15) is 9.59 Å². The van der Waals surface area contributed by atoms with E-state index in [1.54, 1.807) is 12.4 Å². The third kappa shape index (κ3) is 3.47. The molecule has 134 valence electrons. The number of hydrogen-bond donors (Lipinski definition) is 1. The number of nitrogens with zero attached hydrogens (tertiary/aromatic N) is 2. The van der Waals surface area contributed by atoms with Gasteiger partial charge in [-0.3, -0.25) is 14.2 Å². The molecule has 1 saturated heterocycles. The van der Waals surface area contributed by atoms with Crippen LogP contribution in [0.2, 0.25) is 18.1 Å². The van der Waals surface area contributed by atoms with Gasteiger partial charge in [0.2, 0.25) is 11.8 Å². The van der Waals surface area contributed by atoms with Gasteiger partial charge in [-0.15, -0.1) is 0 Å². The van der Waals surface area contributed by atoms with Crippen LogP contribution in [0.1, 0.15) is 39.4 Å². The number of aromatic nitrogens is 2. The van der Waals surface area contributed by atoms with Crippen molar-refractivity contribution >= 4 is 20.1 Å². The first kappa shape index (κ1) is 18.9. The van der Waals surface area contributed by atoms with Crippen molar-refractivity contribution in [3.63, 3.8) is 0 Å². The molecule has 6 nitrogen and oxygen atoms in total. The molecule has 1 aromatic rings. The van der Waals surface area contributed by atoms with Crippen LogP contribution in [-0.4, -0.2) is 41.8 Å². The topological polar surface area (TPSA) is 73.2 Å². The molecular weight excluding hydrogens is 322 g/mol. The second-order valence-corrected chi connectivity index (χ2v) is 13.0. The van der Waals surface area contributed by atoms with Gasteiger partial charge in [0.15, 0.2) is 8.32 Å². The molecule has 24 heavy (non-hydrogen) atoms. The van der Waals surface area contributed by atoms with Gasteiger partial charge in [-0.2, -0.15) is 0 Å². The summed E-state index contributed by atoms with van der Waals surface area (Å²) in [6.07, 6.45) is 4.49. The van der Waals surface area contributed by atoms with Gasteiger partial charge < -0.3 is 9.74 Å². The molecule has 0 saturated carbocycles. The zero-order valence-corrected chi connectivity index (χ0v) is 16.7. The van der Waals surface area contributed by atoms with Crippen molar-refractivity contribution in [1.29, 1.82) is 0 Å². The minimum Gasteiger partial charge on any atom is -0.413 e. The highest BCUT2D eigenvalue weighted by atomic mass is 28.4. The highest BCUT2D eigenvalue weighted by molar-refractivity contribution is 6.74. The Morgan fingerprint density at radius 1 is 1.38 bits per heavy atom. The molecule has 1 aromatic heterocycles. The lowest BCUT2D eigenvalue weighted by Gasteiger charge is -2.46. The van der Waals surface area contributed by atoms with E-state index >= 15 is 0 Å². The van der Waals surface area contributed by atoms with Crippen molar-refractivity contribution in [2.24, 2.45) is 11.8 Å².